The molecule has 0 aliphatic rings. The van der Waals surface area contributed by atoms with E-state index in [1.54, 1.807) is 22.2 Å². The maximum Gasteiger partial charge on any atom is 0.243 e. The van der Waals surface area contributed by atoms with Gasteiger partial charge < -0.3 is 0 Å². The molecule has 2 rings (SSSR count). The topological polar surface area (TPSA) is 92.2 Å². The second-order valence-corrected chi connectivity index (χ2v) is 6.73. The van der Waals surface area contributed by atoms with Crippen LogP contribution >= 0.6 is 22.7 Å². The average molecular weight is 339 g/mol. The minimum atomic E-state index is -0.394. The van der Waals surface area contributed by atoms with Crippen LogP contribution < -0.4 is 5.48 Å². The monoisotopic (exact) mass is 339 g/mol. The first-order valence-electron chi connectivity index (χ1n) is 6.94. The van der Waals surface area contributed by atoms with E-state index in [0.29, 0.717) is 25.0 Å². The molecular weight excluding hydrogens is 322 g/mol. The third-order valence-electron chi connectivity index (χ3n) is 3.06. The average Bonchev–Trinajstić information content (AvgIpc) is 3.15. The minimum absolute atomic E-state index is 0.0149. The van der Waals surface area contributed by atoms with Gasteiger partial charge in [-0.1, -0.05) is 6.42 Å². The first-order valence-corrected chi connectivity index (χ1v) is 8.70. The maximum atomic E-state index is 12.1. The van der Waals surface area contributed by atoms with Crippen LogP contribution in [0.25, 0.3) is 10.7 Å². The van der Waals surface area contributed by atoms with E-state index in [1.807, 2.05) is 12.3 Å². The van der Waals surface area contributed by atoms with Gasteiger partial charge in [0.05, 0.1) is 5.01 Å². The number of hydroxylamine groups is 1. The molecule has 2 aromatic heterocycles. The van der Waals surface area contributed by atoms with Crippen molar-refractivity contribution in [3.05, 3.63) is 21.5 Å². The fraction of sp³-hybridized carbons (Fsp3) is 0.429. The lowest BCUT2D eigenvalue weighted by atomic mass is 10.1. The molecule has 0 unspecified atom stereocenters. The van der Waals surface area contributed by atoms with E-state index < -0.39 is 5.91 Å². The van der Waals surface area contributed by atoms with Crippen molar-refractivity contribution in [1.29, 1.82) is 0 Å². The zero-order chi connectivity index (χ0) is 15.9. The number of hydrogen-bond donors (Lipinski definition) is 2. The zero-order valence-corrected chi connectivity index (χ0v) is 13.8. The van der Waals surface area contributed by atoms with Gasteiger partial charge in [-0.3, -0.25) is 14.8 Å². The number of thiazole rings is 2. The van der Waals surface area contributed by atoms with Crippen LogP contribution in [0, 0.1) is 6.92 Å². The fourth-order valence-corrected chi connectivity index (χ4v) is 3.37. The number of Topliss-reactive ketones (excluding diaryl/α,β-unsaturated/α-hetero) is 1. The molecule has 118 valence electrons. The van der Waals surface area contributed by atoms with E-state index in [0.717, 1.165) is 22.1 Å². The summed E-state index contributed by atoms with van der Waals surface area (Å²) < 4.78 is 0. The summed E-state index contributed by atoms with van der Waals surface area (Å²) in [5.74, 6) is -0.380. The van der Waals surface area contributed by atoms with Gasteiger partial charge >= 0.3 is 0 Å². The van der Waals surface area contributed by atoms with Gasteiger partial charge in [-0.25, -0.2) is 15.4 Å². The number of carbonyl (C=O) groups is 2. The Morgan fingerprint density at radius 3 is 2.59 bits per heavy atom. The van der Waals surface area contributed by atoms with E-state index in [-0.39, 0.29) is 12.2 Å². The Morgan fingerprint density at radius 2 is 1.91 bits per heavy atom. The Hall–Kier alpha value is -1.64. The third kappa shape index (κ3) is 4.69. The van der Waals surface area contributed by atoms with Crippen LogP contribution in [0.1, 0.15) is 47.6 Å². The number of nitrogens with zero attached hydrogens (tertiary/aromatic N) is 2. The Kier molecular flexibility index (Phi) is 6.17. The Morgan fingerprint density at radius 1 is 1.14 bits per heavy atom. The lowest BCUT2D eigenvalue weighted by molar-refractivity contribution is -0.129. The minimum Gasteiger partial charge on any atom is -0.292 e. The highest BCUT2D eigenvalue weighted by atomic mass is 32.1. The number of carbonyl (C=O) groups excluding carboxylic acids is 2. The molecule has 6 nitrogen and oxygen atoms in total. The highest BCUT2D eigenvalue weighted by molar-refractivity contribution is 7.14. The quantitative estimate of drug-likeness (QED) is 0.333. The zero-order valence-electron chi connectivity index (χ0n) is 12.2. The summed E-state index contributed by atoms with van der Waals surface area (Å²) in [4.78, 5) is 31.6. The van der Waals surface area contributed by atoms with Crippen molar-refractivity contribution in [3.63, 3.8) is 0 Å². The van der Waals surface area contributed by atoms with Gasteiger partial charge in [0.2, 0.25) is 5.91 Å². The largest absolute Gasteiger partial charge is 0.292 e. The second-order valence-electron chi connectivity index (χ2n) is 4.81. The highest BCUT2D eigenvalue weighted by Gasteiger charge is 2.13. The first kappa shape index (κ1) is 16.7. The molecule has 0 radical (unpaired) electrons. The van der Waals surface area contributed by atoms with Crippen molar-refractivity contribution >= 4 is 34.4 Å². The van der Waals surface area contributed by atoms with Gasteiger partial charge in [-0.05, 0) is 19.8 Å². The van der Waals surface area contributed by atoms with E-state index in [1.165, 1.54) is 11.3 Å². The summed E-state index contributed by atoms with van der Waals surface area (Å²) in [6, 6.07) is 0. The first-order chi connectivity index (χ1) is 10.6. The molecule has 0 fully saturated rings. The van der Waals surface area contributed by atoms with Gasteiger partial charge in [0.1, 0.15) is 16.4 Å². The molecule has 0 bridgehead atoms. The van der Waals surface area contributed by atoms with Crippen molar-refractivity contribution in [2.45, 2.75) is 39.0 Å². The number of nitrogens with one attached hydrogen (secondary N) is 1. The van der Waals surface area contributed by atoms with Crippen LogP contribution in [-0.2, 0) is 4.79 Å². The number of aromatic nitrogens is 2. The molecule has 2 N–H and O–H groups in total. The number of hydrogen-bond acceptors (Lipinski definition) is 7. The Bertz CT molecular complexity index is 651. The molecule has 0 saturated carbocycles. The summed E-state index contributed by atoms with van der Waals surface area (Å²) in [5.41, 5.74) is 2.90. The van der Waals surface area contributed by atoms with Gasteiger partial charge in [-0.15, -0.1) is 22.7 Å². The Balaban J connectivity index is 1.79. The van der Waals surface area contributed by atoms with Crippen LogP contribution in [-0.4, -0.2) is 26.9 Å². The molecule has 0 saturated heterocycles. The maximum absolute atomic E-state index is 12.1. The van der Waals surface area contributed by atoms with Crippen molar-refractivity contribution in [1.82, 2.24) is 15.4 Å². The smallest absolute Gasteiger partial charge is 0.243 e. The molecule has 1 amide bonds. The highest BCUT2D eigenvalue weighted by Crippen LogP contribution is 2.25. The summed E-state index contributed by atoms with van der Waals surface area (Å²) in [6.45, 7) is 1.94. The van der Waals surface area contributed by atoms with Crippen LogP contribution in [0.15, 0.2) is 10.8 Å². The normalized spacial score (nSPS) is 10.6. The number of ketones is 1. The second kappa shape index (κ2) is 8.11. The predicted octanol–water partition coefficient (Wildman–Crippen LogP) is 3.21. The van der Waals surface area contributed by atoms with Crippen molar-refractivity contribution in [2.75, 3.05) is 0 Å². The van der Waals surface area contributed by atoms with Gasteiger partial charge in [0.25, 0.3) is 0 Å². The molecule has 22 heavy (non-hydrogen) atoms. The third-order valence-corrected chi connectivity index (χ3v) is 4.70. The van der Waals surface area contributed by atoms with E-state index >= 15 is 0 Å². The predicted molar refractivity (Wildman–Crippen MR) is 85.3 cm³/mol. The number of rotatable bonds is 8. The van der Waals surface area contributed by atoms with Gasteiger partial charge in [0, 0.05) is 23.6 Å². The van der Waals surface area contributed by atoms with Gasteiger partial charge in [0.15, 0.2) is 5.78 Å². The molecule has 2 aromatic rings. The lowest BCUT2D eigenvalue weighted by Gasteiger charge is -1.99. The van der Waals surface area contributed by atoms with Crippen LogP contribution in [0.4, 0.5) is 0 Å². The van der Waals surface area contributed by atoms with Gasteiger partial charge in [-0.2, -0.15) is 0 Å². The lowest BCUT2D eigenvalue weighted by Crippen LogP contribution is -2.17. The van der Waals surface area contributed by atoms with Crippen molar-refractivity contribution < 1.29 is 14.8 Å². The molecule has 8 heteroatoms. The summed E-state index contributed by atoms with van der Waals surface area (Å²) in [6.07, 6.45) is 2.82. The van der Waals surface area contributed by atoms with E-state index in [9.17, 15) is 9.59 Å². The number of unbranched alkanes of at least 4 members (excludes halogenated alkanes) is 2. The van der Waals surface area contributed by atoms with Crippen LogP contribution in [0.5, 0.6) is 0 Å². The van der Waals surface area contributed by atoms with E-state index in [4.69, 9.17) is 5.21 Å². The molecule has 0 aliphatic heterocycles. The molecule has 0 atom stereocenters. The van der Waals surface area contributed by atoms with E-state index in [2.05, 4.69) is 9.97 Å². The molecule has 2 heterocycles. The molecule has 0 aliphatic carbocycles. The van der Waals surface area contributed by atoms with Crippen LogP contribution in [0.3, 0.4) is 0 Å². The van der Waals surface area contributed by atoms with Crippen molar-refractivity contribution in [2.24, 2.45) is 0 Å². The number of aryl methyl sites for hydroxylation is 1. The summed E-state index contributed by atoms with van der Waals surface area (Å²) in [5, 5.41) is 13.8. The Labute approximate surface area is 136 Å². The number of amides is 1. The van der Waals surface area contributed by atoms with Crippen LogP contribution in [0.2, 0.25) is 0 Å². The molecular formula is C14H17N3O3S2. The molecule has 0 spiro atoms. The summed E-state index contributed by atoms with van der Waals surface area (Å²) >= 11 is 2.99. The SMILES string of the molecule is Cc1nc(-c2nc(C(=O)CCCCCC(=O)NO)cs2)cs1. The summed E-state index contributed by atoms with van der Waals surface area (Å²) in [7, 11) is 0. The fourth-order valence-electron chi connectivity index (χ4n) is 1.91. The molecule has 0 aromatic carbocycles. The van der Waals surface area contributed by atoms with Crippen molar-refractivity contribution in [3.8, 4) is 10.7 Å². The standard InChI is InChI=1S/C14H17N3O3S2/c1-9-15-11(8-21-9)14-16-10(7-22-14)12(18)5-3-2-4-6-13(19)17-20/h7-8,20H,2-6H2,1H3,(H,17,19).